The molecule has 5 rings (SSSR count). The number of pyridine rings is 1. The molecule has 34 heavy (non-hydrogen) atoms. The van der Waals surface area contributed by atoms with Crippen molar-refractivity contribution in [1.82, 2.24) is 29.8 Å². The van der Waals surface area contributed by atoms with Crippen LogP contribution in [0.25, 0.3) is 33.4 Å². The number of rotatable bonds is 5. The van der Waals surface area contributed by atoms with Crippen LogP contribution in [0.2, 0.25) is 5.02 Å². The largest absolute Gasteiger partial charge is 0.354 e. The van der Waals surface area contributed by atoms with Crippen LogP contribution in [0.15, 0.2) is 47.7 Å². The third kappa shape index (κ3) is 4.10. The van der Waals surface area contributed by atoms with Crippen LogP contribution in [0.1, 0.15) is 19.0 Å². The first-order chi connectivity index (χ1) is 16.4. The number of hydrogen-bond acceptors (Lipinski definition) is 7. The zero-order valence-electron chi connectivity index (χ0n) is 18.7. The van der Waals surface area contributed by atoms with Gasteiger partial charge in [-0.15, -0.1) is 0 Å². The zero-order valence-corrected chi connectivity index (χ0v) is 19.4. The van der Waals surface area contributed by atoms with Gasteiger partial charge in [0.2, 0.25) is 11.9 Å². The van der Waals surface area contributed by atoms with Crippen molar-refractivity contribution in [1.29, 1.82) is 0 Å². The summed E-state index contributed by atoms with van der Waals surface area (Å²) in [5.74, 6) is 0.371. The van der Waals surface area contributed by atoms with Gasteiger partial charge in [-0.3, -0.25) is 19.1 Å². The van der Waals surface area contributed by atoms with Crippen LogP contribution in [0.5, 0.6) is 0 Å². The van der Waals surface area contributed by atoms with Gasteiger partial charge in [0.25, 0.3) is 5.56 Å². The van der Waals surface area contributed by atoms with Gasteiger partial charge in [0.1, 0.15) is 5.65 Å². The smallest absolute Gasteiger partial charge is 0.260 e. The number of aryl methyl sites for hydroxylation is 2. The molecule has 1 aliphatic rings. The van der Waals surface area contributed by atoms with Gasteiger partial charge in [0.15, 0.2) is 0 Å². The highest BCUT2D eigenvalue weighted by Gasteiger charge is 2.22. The van der Waals surface area contributed by atoms with Crippen molar-refractivity contribution in [2.45, 2.75) is 32.9 Å². The molecule has 1 aromatic carbocycles. The van der Waals surface area contributed by atoms with Crippen molar-refractivity contribution < 1.29 is 4.79 Å². The summed E-state index contributed by atoms with van der Waals surface area (Å²) in [4.78, 5) is 42.5. The van der Waals surface area contributed by atoms with Gasteiger partial charge in [0, 0.05) is 59.0 Å². The van der Waals surface area contributed by atoms with E-state index in [1.807, 2.05) is 26.0 Å². The average Bonchev–Trinajstić information content (AvgIpc) is 3.23. The third-order valence-corrected chi connectivity index (χ3v) is 6.08. The number of halogens is 1. The lowest BCUT2D eigenvalue weighted by Crippen LogP contribution is -2.25. The number of fused-ring (bicyclic) bond motifs is 1. The number of benzene rings is 1. The van der Waals surface area contributed by atoms with Crippen molar-refractivity contribution in [2.24, 2.45) is 0 Å². The van der Waals surface area contributed by atoms with E-state index in [2.05, 4.69) is 30.6 Å². The molecule has 1 aliphatic heterocycles. The van der Waals surface area contributed by atoms with Gasteiger partial charge in [-0.1, -0.05) is 23.7 Å². The van der Waals surface area contributed by atoms with Crippen LogP contribution in [0.3, 0.4) is 0 Å². The Hall–Kier alpha value is -3.85. The number of anilines is 1. The summed E-state index contributed by atoms with van der Waals surface area (Å²) in [6.45, 7) is 4.71. The molecule has 3 aromatic heterocycles. The molecular formula is C24H22ClN7O2. The summed E-state index contributed by atoms with van der Waals surface area (Å²) in [6.07, 6.45) is 5.41. The second-order valence-corrected chi connectivity index (χ2v) is 8.58. The second-order valence-electron chi connectivity index (χ2n) is 8.17. The summed E-state index contributed by atoms with van der Waals surface area (Å²) in [5.41, 5.74) is 3.76. The lowest BCUT2D eigenvalue weighted by Gasteiger charge is -2.14. The third-order valence-electron chi connectivity index (χ3n) is 5.76. The van der Waals surface area contributed by atoms with Gasteiger partial charge in [-0.2, -0.15) is 4.98 Å². The van der Waals surface area contributed by atoms with E-state index in [9.17, 15) is 9.59 Å². The SMILES string of the molecule is CCn1c(=O)c(-c2ccc(-c3cncc(C)n3)cc2Cl)cc2cnc(NC3CNC(=O)C3)nc21. The Morgan fingerprint density at radius 2 is 2.00 bits per heavy atom. The standard InChI is InChI=1S/C24H22ClN7O2/c1-3-32-22-15(10-28-24(31-22)30-16-8-21(33)27-11-16)6-18(23(32)34)17-5-4-14(7-19(17)25)20-12-26-9-13(2)29-20/h4-7,9-10,12,16H,3,8,11H2,1-2H3,(H,27,33)(H,28,30,31). The van der Waals surface area contributed by atoms with Gasteiger partial charge >= 0.3 is 0 Å². The molecular weight excluding hydrogens is 454 g/mol. The topological polar surface area (TPSA) is 115 Å². The van der Waals surface area contributed by atoms with Crippen LogP contribution >= 0.6 is 11.6 Å². The molecule has 4 aromatic rings. The van der Waals surface area contributed by atoms with Crippen molar-refractivity contribution in [3.05, 3.63) is 63.9 Å². The molecule has 1 atom stereocenters. The summed E-state index contributed by atoms with van der Waals surface area (Å²) in [7, 11) is 0. The van der Waals surface area contributed by atoms with Gasteiger partial charge in [-0.05, 0) is 26.0 Å². The number of nitrogens with one attached hydrogen (secondary N) is 2. The number of nitrogens with zero attached hydrogens (tertiary/aromatic N) is 5. The molecule has 9 nitrogen and oxygen atoms in total. The molecule has 0 bridgehead atoms. The fourth-order valence-electron chi connectivity index (χ4n) is 4.10. The first-order valence-electron chi connectivity index (χ1n) is 11.0. The molecule has 4 heterocycles. The number of hydrogen-bond donors (Lipinski definition) is 2. The Kier molecular flexibility index (Phi) is 5.70. The minimum atomic E-state index is -0.192. The maximum atomic E-state index is 13.4. The molecule has 0 saturated carbocycles. The molecule has 0 spiro atoms. The van der Waals surface area contributed by atoms with Gasteiger partial charge in [0.05, 0.1) is 23.6 Å². The molecule has 10 heteroatoms. The van der Waals surface area contributed by atoms with E-state index < -0.39 is 0 Å². The summed E-state index contributed by atoms with van der Waals surface area (Å²) < 4.78 is 1.60. The molecule has 1 fully saturated rings. The molecule has 0 radical (unpaired) electrons. The van der Waals surface area contributed by atoms with Crippen LogP contribution in [0.4, 0.5) is 5.95 Å². The normalized spacial score (nSPS) is 15.5. The summed E-state index contributed by atoms with van der Waals surface area (Å²) in [6, 6.07) is 7.18. The summed E-state index contributed by atoms with van der Waals surface area (Å²) in [5, 5.41) is 7.09. The lowest BCUT2D eigenvalue weighted by molar-refractivity contribution is -0.119. The number of carbonyl (C=O) groups is 1. The first kappa shape index (κ1) is 22.0. The number of carbonyl (C=O) groups excluding carboxylic acids is 1. The van der Waals surface area contributed by atoms with Crippen LogP contribution < -0.4 is 16.2 Å². The van der Waals surface area contributed by atoms with Crippen molar-refractivity contribution in [3.63, 3.8) is 0 Å². The molecule has 1 unspecified atom stereocenters. The lowest BCUT2D eigenvalue weighted by atomic mass is 10.0. The van der Waals surface area contributed by atoms with Crippen LogP contribution in [-0.2, 0) is 11.3 Å². The zero-order chi connectivity index (χ0) is 23.8. The van der Waals surface area contributed by atoms with Gasteiger partial charge < -0.3 is 10.6 Å². The Morgan fingerprint density at radius 1 is 1.15 bits per heavy atom. The van der Waals surface area contributed by atoms with E-state index in [4.69, 9.17) is 11.6 Å². The predicted octanol–water partition coefficient (Wildman–Crippen LogP) is 3.20. The quantitative estimate of drug-likeness (QED) is 0.455. The van der Waals surface area contributed by atoms with Crippen molar-refractivity contribution >= 4 is 34.5 Å². The Morgan fingerprint density at radius 3 is 2.71 bits per heavy atom. The van der Waals surface area contributed by atoms with E-state index in [1.54, 1.807) is 35.3 Å². The Balaban J connectivity index is 1.55. The monoisotopic (exact) mass is 475 g/mol. The maximum absolute atomic E-state index is 13.4. The molecule has 1 saturated heterocycles. The fourth-order valence-corrected chi connectivity index (χ4v) is 4.38. The highest BCUT2D eigenvalue weighted by atomic mass is 35.5. The van der Waals surface area contributed by atoms with E-state index in [0.29, 0.717) is 58.3 Å². The number of amides is 1. The second kappa shape index (κ2) is 8.83. The minimum Gasteiger partial charge on any atom is -0.354 e. The minimum absolute atomic E-state index is 0.00858. The summed E-state index contributed by atoms with van der Waals surface area (Å²) >= 11 is 6.63. The average molecular weight is 476 g/mol. The molecule has 172 valence electrons. The van der Waals surface area contributed by atoms with E-state index in [1.165, 1.54) is 0 Å². The van der Waals surface area contributed by atoms with Crippen LogP contribution in [-0.4, -0.2) is 43.0 Å². The molecule has 2 N–H and O–H groups in total. The van der Waals surface area contributed by atoms with E-state index in [0.717, 1.165) is 11.3 Å². The van der Waals surface area contributed by atoms with Crippen molar-refractivity contribution in [3.8, 4) is 22.4 Å². The molecule has 1 amide bonds. The van der Waals surface area contributed by atoms with Gasteiger partial charge in [-0.25, -0.2) is 9.97 Å². The Bertz CT molecular complexity index is 1480. The highest BCUT2D eigenvalue weighted by Crippen LogP contribution is 2.31. The first-order valence-corrected chi connectivity index (χ1v) is 11.3. The van der Waals surface area contributed by atoms with Crippen molar-refractivity contribution in [2.75, 3.05) is 11.9 Å². The number of aromatic nitrogens is 5. The Labute approximate surface area is 200 Å². The highest BCUT2D eigenvalue weighted by molar-refractivity contribution is 6.33. The fraction of sp³-hybridized carbons (Fsp3) is 0.250. The van der Waals surface area contributed by atoms with E-state index in [-0.39, 0.29) is 17.5 Å². The van der Waals surface area contributed by atoms with Crippen LogP contribution in [0, 0.1) is 6.92 Å². The predicted molar refractivity (Wildman–Crippen MR) is 131 cm³/mol. The molecule has 0 aliphatic carbocycles. The maximum Gasteiger partial charge on any atom is 0.260 e. The van der Waals surface area contributed by atoms with E-state index >= 15 is 0 Å².